The molecule has 0 spiro atoms. The summed E-state index contributed by atoms with van der Waals surface area (Å²) in [6.07, 6.45) is -0.374. The number of benzene rings is 1. The molecule has 0 aliphatic heterocycles. The van der Waals surface area contributed by atoms with Gasteiger partial charge in [0.2, 0.25) is 0 Å². The zero-order valence-corrected chi connectivity index (χ0v) is 15.7. The molecule has 1 aromatic rings. The fourth-order valence-corrected chi connectivity index (χ4v) is 2.36. The molecule has 1 rings (SSSR count). The third-order valence-electron chi connectivity index (χ3n) is 3.18. The van der Waals surface area contributed by atoms with E-state index in [-0.39, 0.29) is 12.1 Å². The van der Waals surface area contributed by atoms with Crippen LogP contribution in [-0.4, -0.2) is 24.3 Å². The standard InChI is InChI=1S/C17H27BrN2O2/c1-12(2)15(11-20-16(21)22-17(3,4)5)19-10-13-8-6-7-9-14(13)18/h6-9,12,15,19H,10-11H2,1-5H3,(H,20,21). The summed E-state index contributed by atoms with van der Waals surface area (Å²) in [7, 11) is 0. The van der Waals surface area contributed by atoms with Crippen LogP contribution >= 0.6 is 15.9 Å². The highest BCUT2D eigenvalue weighted by molar-refractivity contribution is 9.10. The summed E-state index contributed by atoms with van der Waals surface area (Å²) in [4.78, 5) is 11.7. The van der Waals surface area contributed by atoms with Gasteiger partial charge in [-0.2, -0.15) is 0 Å². The normalized spacial score (nSPS) is 13.0. The molecule has 0 saturated heterocycles. The monoisotopic (exact) mass is 370 g/mol. The average molecular weight is 371 g/mol. The molecule has 0 bridgehead atoms. The lowest BCUT2D eigenvalue weighted by Gasteiger charge is -2.25. The van der Waals surface area contributed by atoms with Gasteiger partial charge in [-0.3, -0.25) is 0 Å². The zero-order valence-electron chi connectivity index (χ0n) is 14.1. The van der Waals surface area contributed by atoms with Crippen molar-refractivity contribution in [3.05, 3.63) is 34.3 Å². The number of carbonyl (C=O) groups excluding carboxylic acids is 1. The number of amides is 1. The second-order valence-corrected chi connectivity index (χ2v) is 7.56. The molecule has 0 radical (unpaired) electrons. The van der Waals surface area contributed by atoms with E-state index in [0.29, 0.717) is 12.5 Å². The van der Waals surface area contributed by atoms with Crippen LogP contribution in [0.2, 0.25) is 0 Å². The fraction of sp³-hybridized carbons (Fsp3) is 0.588. The van der Waals surface area contributed by atoms with Crippen molar-refractivity contribution in [2.75, 3.05) is 6.54 Å². The van der Waals surface area contributed by atoms with E-state index in [4.69, 9.17) is 4.74 Å². The highest BCUT2D eigenvalue weighted by atomic mass is 79.9. The summed E-state index contributed by atoms with van der Waals surface area (Å²) >= 11 is 3.55. The first-order valence-corrected chi connectivity index (χ1v) is 8.42. The van der Waals surface area contributed by atoms with Crippen LogP contribution in [0.4, 0.5) is 4.79 Å². The van der Waals surface area contributed by atoms with E-state index in [9.17, 15) is 4.79 Å². The van der Waals surface area contributed by atoms with Crippen molar-refractivity contribution < 1.29 is 9.53 Å². The smallest absolute Gasteiger partial charge is 0.407 e. The van der Waals surface area contributed by atoms with E-state index < -0.39 is 5.60 Å². The Labute approximate surface area is 142 Å². The minimum atomic E-state index is -0.472. The summed E-state index contributed by atoms with van der Waals surface area (Å²) < 4.78 is 6.35. The van der Waals surface area contributed by atoms with Gasteiger partial charge in [-0.1, -0.05) is 48.0 Å². The van der Waals surface area contributed by atoms with Gasteiger partial charge < -0.3 is 15.4 Å². The quantitative estimate of drug-likeness (QED) is 0.792. The summed E-state index contributed by atoms with van der Waals surface area (Å²) in [6, 6.07) is 8.30. The lowest BCUT2D eigenvalue weighted by atomic mass is 10.0. The molecule has 5 heteroatoms. The molecule has 2 N–H and O–H groups in total. The summed E-state index contributed by atoms with van der Waals surface area (Å²) in [5, 5.41) is 6.33. The van der Waals surface area contributed by atoms with Crippen LogP contribution in [0.3, 0.4) is 0 Å². The van der Waals surface area contributed by atoms with Gasteiger partial charge in [-0.05, 0) is 38.3 Å². The second kappa shape index (κ2) is 8.53. The number of alkyl carbamates (subject to hydrolysis) is 1. The van der Waals surface area contributed by atoms with Crippen molar-refractivity contribution in [2.24, 2.45) is 5.92 Å². The van der Waals surface area contributed by atoms with Crippen molar-refractivity contribution in [3.8, 4) is 0 Å². The minimum absolute atomic E-state index is 0.180. The van der Waals surface area contributed by atoms with E-state index in [1.54, 1.807) is 0 Å². The lowest BCUT2D eigenvalue weighted by Crippen LogP contribution is -2.45. The molecule has 0 aliphatic carbocycles. The average Bonchev–Trinajstić information content (AvgIpc) is 2.38. The Morgan fingerprint density at radius 1 is 1.27 bits per heavy atom. The molecule has 1 unspecified atom stereocenters. The zero-order chi connectivity index (χ0) is 16.8. The Kier molecular flexibility index (Phi) is 7.36. The summed E-state index contributed by atoms with van der Waals surface area (Å²) in [6.45, 7) is 11.1. The topological polar surface area (TPSA) is 50.4 Å². The molecule has 0 aliphatic rings. The Morgan fingerprint density at radius 3 is 2.45 bits per heavy atom. The SMILES string of the molecule is CC(C)C(CNC(=O)OC(C)(C)C)NCc1ccccc1Br. The number of halogens is 1. The second-order valence-electron chi connectivity index (χ2n) is 6.71. The van der Waals surface area contributed by atoms with Gasteiger partial charge in [-0.15, -0.1) is 0 Å². The van der Waals surface area contributed by atoms with Crippen LogP contribution in [0.15, 0.2) is 28.7 Å². The fourth-order valence-electron chi connectivity index (χ4n) is 1.93. The van der Waals surface area contributed by atoms with Crippen molar-refractivity contribution >= 4 is 22.0 Å². The van der Waals surface area contributed by atoms with Crippen LogP contribution in [0.5, 0.6) is 0 Å². The van der Waals surface area contributed by atoms with E-state index >= 15 is 0 Å². The molecular formula is C17H27BrN2O2. The summed E-state index contributed by atoms with van der Waals surface area (Å²) in [5.74, 6) is 0.400. The number of nitrogens with one attached hydrogen (secondary N) is 2. The Bertz CT molecular complexity index is 484. The molecule has 1 amide bonds. The van der Waals surface area contributed by atoms with Gasteiger partial charge in [0.15, 0.2) is 0 Å². The number of hydrogen-bond donors (Lipinski definition) is 2. The molecule has 0 heterocycles. The maximum atomic E-state index is 11.7. The third kappa shape index (κ3) is 7.27. The van der Waals surface area contributed by atoms with Gasteiger partial charge in [0, 0.05) is 23.6 Å². The van der Waals surface area contributed by atoms with Gasteiger partial charge in [0.1, 0.15) is 5.60 Å². The van der Waals surface area contributed by atoms with Gasteiger partial charge >= 0.3 is 6.09 Å². The van der Waals surface area contributed by atoms with Crippen LogP contribution < -0.4 is 10.6 Å². The van der Waals surface area contributed by atoms with Crippen LogP contribution in [-0.2, 0) is 11.3 Å². The van der Waals surface area contributed by atoms with Crippen molar-refractivity contribution in [2.45, 2.75) is 52.8 Å². The van der Waals surface area contributed by atoms with Crippen molar-refractivity contribution in [3.63, 3.8) is 0 Å². The van der Waals surface area contributed by atoms with Gasteiger partial charge in [-0.25, -0.2) is 4.79 Å². The van der Waals surface area contributed by atoms with Crippen LogP contribution in [0.1, 0.15) is 40.2 Å². The number of ether oxygens (including phenoxy) is 1. The molecular weight excluding hydrogens is 344 g/mol. The molecule has 0 saturated carbocycles. The van der Waals surface area contributed by atoms with Crippen molar-refractivity contribution in [1.29, 1.82) is 0 Å². The molecule has 1 atom stereocenters. The predicted molar refractivity (Wildman–Crippen MR) is 93.8 cm³/mol. The van der Waals surface area contributed by atoms with E-state index in [2.05, 4.69) is 46.5 Å². The molecule has 1 aromatic carbocycles. The minimum Gasteiger partial charge on any atom is -0.444 e. The molecule has 22 heavy (non-hydrogen) atoms. The van der Waals surface area contributed by atoms with Gasteiger partial charge in [0.05, 0.1) is 0 Å². The molecule has 4 nitrogen and oxygen atoms in total. The first-order chi connectivity index (χ1) is 10.2. The van der Waals surface area contributed by atoms with E-state index in [1.807, 2.05) is 39.0 Å². The highest BCUT2D eigenvalue weighted by Crippen LogP contribution is 2.16. The highest BCUT2D eigenvalue weighted by Gasteiger charge is 2.19. The third-order valence-corrected chi connectivity index (χ3v) is 3.96. The Morgan fingerprint density at radius 2 is 1.91 bits per heavy atom. The number of hydrogen-bond acceptors (Lipinski definition) is 3. The van der Waals surface area contributed by atoms with Crippen LogP contribution in [0.25, 0.3) is 0 Å². The van der Waals surface area contributed by atoms with Crippen molar-refractivity contribution in [1.82, 2.24) is 10.6 Å². The van der Waals surface area contributed by atoms with E-state index in [0.717, 1.165) is 11.0 Å². The maximum Gasteiger partial charge on any atom is 0.407 e. The first-order valence-electron chi connectivity index (χ1n) is 7.62. The maximum absolute atomic E-state index is 11.7. The lowest BCUT2D eigenvalue weighted by molar-refractivity contribution is 0.0519. The largest absolute Gasteiger partial charge is 0.444 e. The summed E-state index contributed by atoms with van der Waals surface area (Å²) in [5.41, 5.74) is 0.727. The van der Waals surface area contributed by atoms with E-state index in [1.165, 1.54) is 5.56 Å². The van der Waals surface area contributed by atoms with Crippen LogP contribution in [0, 0.1) is 5.92 Å². The van der Waals surface area contributed by atoms with Gasteiger partial charge in [0.25, 0.3) is 0 Å². The Hall–Kier alpha value is -1.07. The molecule has 0 fully saturated rings. The molecule has 0 aromatic heterocycles. The molecule has 124 valence electrons. The predicted octanol–water partition coefficient (Wildman–Crippen LogP) is 4.09. The number of rotatable bonds is 6. The first kappa shape index (κ1) is 19.0. The Balaban J connectivity index is 2.49. The number of carbonyl (C=O) groups is 1.